The van der Waals surface area contributed by atoms with Crippen molar-refractivity contribution in [2.45, 2.75) is 33.0 Å². The molecule has 0 aromatic heterocycles. The average molecular weight is 277 g/mol. The highest BCUT2D eigenvalue weighted by molar-refractivity contribution is 5.94. The lowest BCUT2D eigenvalue weighted by Gasteiger charge is -2.35. The van der Waals surface area contributed by atoms with Crippen LogP contribution < -0.4 is 4.74 Å². The molecule has 4 heteroatoms. The lowest BCUT2D eigenvalue weighted by atomic mass is 10.1. The van der Waals surface area contributed by atoms with Crippen molar-refractivity contribution in [3.05, 3.63) is 29.8 Å². The molecule has 1 aromatic carbocycles. The van der Waals surface area contributed by atoms with Crippen LogP contribution in [0.5, 0.6) is 5.75 Å². The van der Waals surface area contributed by atoms with Gasteiger partial charge < -0.3 is 9.47 Å². The summed E-state index contributed by atoms with van der Waals surface area (Å²) in [6, 6.07) is 7.34. The zero-order chi connectivity index (χ0) is 14.5. The van der Waals surface area contributed by atoms with E-state index < -0.39 is 0 Å². The molecule has 2 rings (SSSR count). The van der Waals surface area contributed by atoms with Gasteiger partial charge in [-0.05, 0) is 32.9 Å². The van der Waals surface area contributed by atoms with Crippen LogP contribution in [0, 0.1) is 0 Å². The van der Waals surface area contributed by atoms with Crippen LogP contribution in [0.3, 0.4) is 0 Å². The standard InChI is InChI=1S/C16H23NO3/c1-12-10-17(11-13(2)20-12)7-8-19-16-6-4-5-15(9-16)14(3)18/h4-6,9,12-13H,7-8,10-11H2,1-3H3. The summed E-state index contributed by atoms with van der Waals surface area (Å²) < 4.78 is 11.4. The van der Waals surface area contributed by atoms with Gasteiger partial charge >= 0.3 is 0 Å². The average Bonchev–Trinajstić information content (AvgIpc) is 2.38. The number of morpholine rings is 1. The van der Waals surface area contributed by atoms with E-state index >= 15 is 0 Å². The van der Waals surface area contributed by atoms with Crippen molar-refractivity contribution < 1.29 is 14.3 Å². The van der Waals surface area contributed by atoms with Crippen LogP contribution in [-0.2, 0) is 4.74 Å². The highest BCUT2D eigenvalue weighted by Crippen LogP contribution is 2.14. The van der Waals surface area contributed by atoms with Gasteiger partial charge in [0.1, 0.15) is 12.4 Å². The Morgan fingerprint density at radius 3 is 2.70 bits per heavy atom. The molecule has 0 bridgehead atoms. The normalized spacial score (nSPS) is 23.6. The Bertz CT molecular complexity index is 451. The molecule has 2 unspecified atom stereocenters. The van der Waals surface area contributed by atoms with Gasteiger partial charge in [-0.3, -0.25) is 9.69 Å². The number of ether oxygens (including phenoxy) is 2. The number of benzene rings is 1. The fourth-order valence-electron chi connectivity index (χ4n) is 2.56. The lowest BCUT2D eigenvalue weighted by Crippen LogP contribution is -2.46. The summed E-state index contributed by atoms with van der Waals surface area (Å²) in [5.41, 5.74) is 0.691. The summed E-state index contributed by atoms with van der Waals surface area (Å²) in [5.74, 6) is 0.818. The van der Waals surface area contributed by atoms with E-state index in [4.69, 9.17) is 9.47 Å². The Hall–Kier alpha value is -1.39. The molecule has 1 aliphatic rings. The maximum Gasteiger partial charge on any atom is 0.159 e. The minimum atomic E-state index is 0.0614. The fraction of sp³-hybridized carbons (Fsp3) is 0.562. The van der Waals surface area contributed by atoms with Crippen molar-refractivity contribution in [3.8, 4) is 5.75 Å². The molecule has 110 valence electrons. The minimum absolute atomic E-state index is 0.0614. The molecule has 1 heterocycles. The van der Waals surface area contributed by atoms with E-state index in [0.29, 0.717) is 12.2 Å². The molecule has 1 aromatic rings. The Balaban J connectivity index is 1.81. The first-order valence-electron chi connectivity index (χ1n) is 7.16. The first-order chi connectivity index (χ1) is 9.54. The van der Waals surface area contributed by atoms with Crippen molar-refractivity contribution in [2.75, 3.05) is 26.2 Å². The zero-order valence-corrected chi connectivity index (χ0v) is 12.5. The van der Waals surface area contributed by atoms with E-state index in [2.05, 4.69) is 18.7 Å². The first kappa shape index (κ1) is 15.0. The van der Waals surface area contributed by atoms with E-state index in [1.807, 2.05) is 12.1 Å². The molecule has 20 heavy (non-hydrogen) atoms. The predicted molar refractivity (Wildman–Crippen MR) is 78.4 cm³/mol. The minimum Gasteiger partial charge on any atom is -0.492 e. The van der Waals surface area contributed by atoms with Crippen molar-refractivity contribution in [3.63, 3.8) is 0 Å². The number of hydrogen-bond donors (Lipinski definition) is 0. The smallest absolute Gasteiger partial charge is 0.159 e. The highest BCUT2D eigenvalue weighted by atomic mass is 16.5. The van der Waals surface area contributed by atoms with Crippen molar-refractivity contribution >= 4 is 5.78 Å². The third-order valence-electron chi connectivity index (χ3n) is 3.41. The molecular weight excluding hydrogens is 254 g/mol. The zero-order valence-electron chi connectivity index (χ0n) is 12.5. The van der Waals surface area contributed by atoms with Crippen LogP contribution in [-0.4, -0.2) is 49.1 Å². The van der Waals surface area contributed by atoms with Gasteiger partial charge in [0, 0.05) is 25.2 Å². The van der Waals surface area contributed by atoms with Gasteiger partial charge in [0.2, 0.25) is 0 Å². The van der Waals surface area contributed by atoms with Crippen LogP contribution in [0.1, 0.15) is 31.1 Å². The van der Waals surface area contributed by atoms with Crippen molar-refractivity contribution in [2.24, 2.45) is 0 Å². The van der Waals surface area contributed by atoms with Crippen molar-refractivity contribution in [1.82, 2.24) is 4.90 Å². The Kier molecular flexibility index (Phi) is 5.15. The molecule has 0 amide bonds. The SMILES string of the molecule is CC(=O)c1cccc(OCCN2CC(C)OC(C)C2)c1. The second kappa shape index (κ2) is 6.86. The number of nitrogens with zero attached hydrogens (tertiary/aromatic N) is 1. The Morgan fingerprint density at radius 2 is 2.05 bits per heavy atom. The van der Waals surface area contributed by atoms with Crippen molar-refractivity contribution in [1.29, 1.82) is 0 Å². The van der Waals surface area contributed by atoms with E-state index in [9.17, 15) is 4.79 Å². The van der Waals surface area contributed by atoms with E-state index in [1.165, 1.54) is 0 Å². The van der Waals surface area contributed by atoms with Gasteiger partial charge in [-0.15, -0.1) is 0 Å². The summed E-state index contributed by atoms with van der Waals surface area (Å²) in [4.78, 5) is 13.7. The highest BCUT2D eigenvalue weighted by Gasteiger charge is 2.21. The molecule has 0 saturated carbocycles. The number of carbonyl (C=O) groups is 1. The van der Waals surface area contributed by atoms with Gasteiger partial charge in [-0.2, -0.15) is 0 Å². The summed E-state index contributed by atoms with van der Waals surface area (Å²) >= 11 is 0. The van der Waals surface area contributed by atoms with Gasteiger partial charge in [0.05, 0.1) is 12.2 Å². The Labute approximate surface area is 120 Å². The number of carbonyl (C=O) groups excluding carboxylic acids is 1. The van der Waals surface area contributed by atoms with Crippen LogP contribution >= 0.6 is 0 Å². The molecule has 4 nitrogen and oxygen atoms in total. The molecule has 0 N–H and O–H groups in total. The lowest BCUT2D eigenvalue weighted by molar-refractivity contribution is -0.0699. The largest absolute Gasteiger partial charge is 0.492 e. The molecule has 0 aliphatic carbocycles. The van der Waals surface area contributed by atoms with Crippen LogP contribution in [0.15, 0.2) is 24.3 Å². The van der Waals surface area contributed by atoms with Gasteiger partial charge in [-0.1, -0.05) is 12.1 Å². The molecule has 1 fully saturated rings. The summed E-state index contributed by atoms with van der Waals surface area (Å²) in [5, 5.41) is 0. The number of ketones is 1. The fourth-order valence-corrected chi connectivity index (χ4v) is 2.56. The molecule has 1 saturated heterocycles. The van der Waals surface area contributed by atoms with Gasteiger partial charge in [-0.25, -0.2) is 0 Å². The predicted octanol–water partition coefficient (Wildman–Crippen LogP) is 2.38. The number of hydrogen-bond acceptors (Lipinski definition) is 4. The van der Waals surface area contributed by atoms with E-state index in [-0.39, 0.29) is 18.0 Å². The second-order valence-electron chi connectivity index (χ2n) is 5.45. The van der Waals surface area contributed by atoms with E-state index in [1.54, 1.807) is 19.1 Å². The van der Waals surface area contributed by atoms with E-state index in [0.717, 1.165) is 25.4 Å². The third-order valence-corrected chi connectivity index (χ3v) is 3.41. The summed E-state index contributed by atoms with van der Waals surface area (Å²) in [6.45, 7) is 9.15. The van der Waals surface area contributed by atoms with Crippen LogP contribution in [0.4, 0.5) is 0 Å². The summed E-state index contributed by atoms with van der Waals surface area (Å²) in [6.07, 6.45) is 0.555. The first-order valence-corrected chi connectivity index (χ1v) is 7.16. The number of rotatable bonds is 5. The molecular formula is C16H23NO3. The Morgan fingerprint density at radius 1 is 1.35 bits per heavy atom. The quantitative estimate of drug-likeness (QED) is 0.775. The van der Waals surface area contributed by atoms with Crippen LogP contribution in [0.25, 0.3) is 0 Å². The molecule has 0 spiro atoms. The maximum atomic E-state index is 11.3. The van der Waals surface area contributed by atoms with Crippen LogP contribution in [0.2, 0.25) is 0 Å². The second-order valence-corrected chi connectivity index (χ2v) is 5.45. The topological polar surface area (TPSA) is 38.8 Å². The van der Waals surface area contributed by atoms with Gasteiger partial charge in [0.15, 0.2) is 5.78 Å². The molecule has 0 radical (unpaired) electrons. The number of Topliss-reactive ketones (excluding diaryl/α,β-unsaturated/α-hetero) is 1. The third kappa shape index (κ3) is 4.32. The maximum absolute atomic E-state index is 11.3. The monoisotopic (exact) mass is 277 g/mol. The van der Waals surface area contributed by atoms with Gasteiger partial charge in [0.25, 0.3) is 0 Å². The molecule has 2 atom stereocenters. The molecule has 1 aliphatic heterocycles. The summed E-state index contributed by atoms with van der Waals surface area (Å²) in [7, 11) is 0.